The van der Waals surface area contributed by atoms with Gasteiger partial charge in [-0.2, -0.15) is 4.98 Å². The highest BCUT2D eigenvalue weighted by molar-refractivity contribution is 5.83. The number of ether oxygens (including phenoxy) is 1. The van der Waals surface area contributed by atoms with Crippen LogP contribution in [-0.4, -0.2) is 90.2 Å². The van der Waals surface area contributed by atoms with Crippen LogP contribution in [0.1, 0.15) is 32.1 Å². The minimum absolute atomic E-state index is 0.000624. The van der Waals surface area contributed by atoms with Gasteiger partial charge in [-0.15, -0.1) is 0 Å². The Balaban J connectivity index is 1.36. The number of nitrogens with one attached hydrogen (secondary N) is 2. The van der Waals surface area contributed by atoms with Crippen LogP contribution in [0.2, 0.25) is 0 Å². The Kier molecular flexibility index (Phi) is 8.73. The number of carbonyl (C=O) groups excluding carboxylic acids is 2. The Labute approximate surface area is 226 Å². The van der Waals surface area contributed by atoms with Crippen LogP contribution in [0.15, 0.2) is 35.9 Å². The Morgan fingerprint density at radius 3 is 2.59 bits per heavy atom. The monoisotopic (exact) mass is 549 g/mol. The zero-order valence-electron chi connectivity index (χ0n) is 22.3. The summed E-state index contributed by atoms with van der Waals surface area (Å²) >= 11 is 0. The van der Waals surface area contributed by atoms with Gasteiger partial charge in [0, 0.05) is 51.5 Å². The number of hydrogen-bond donors (Lipinski definition) is 4. The van der Waals surface area contributed by atoms with Crippen LogP contribution in [0.25, 0.3) is 0 Å². The van der Waals surface area contributed by atoms with Crippen molar-refractivity contribution in [3.05, 3.63) is 35.9 Å². The van der Waals surface area contributed by atoms with Gasteiger partial charge in [0.15, 0.2) is 0 Å². The number of urea groups is 1. The molecule has 14 heteroatoms. The van der Waals surface area contributed by atoms with E-state index in [1.165, 1.54) is 25.4 Å². The van der Waals surface area contributed by atoms with Crippen LogP contribution < -0.4 is 27.0 Å². The smallest absolute Gasteiger partial charge is 0.413 e. The fourth-order valence-corrected chi connectivity index (χ4v) is 4.56. The number of rotatable bonds is 7. The second-order valence-corrected chi connectivity index (χ2v) is 10.4. The number of likely N-dealkylation sites (tertiary alicyclic amines) is 1. The van der Waals surface area contributed by atoms with Crippen LogP contribution >= 0.6 is 0 Å². The fourth-order valence-electron chi connectivity index (χ4n) is 4.56. The fraction of sp³-hybridized carbons (Fsp3) is 0.600. The molecule has 1 atom stereocenters. The predicted octanol–water partition coefficient (Wildman–Crippen LogP) is 2.03. The van der Waals surface area contributed by atoms with Crippen molar-refractivity contribution in [1.29, 1.82) is 0 Å². The molecule has 39 heavy (non-hydrogen) atoms. The summed E-state index contributed by atoms with van der Waals surface area (Å²) in [7, 11) is 3.30. The van der Waals surface area contributed by atoms with Crippen molar-refractivity contribution in [3.63, 3.8) is 0 Å². The Morgan fingerprint density at radius 1 is 1.18 bits per heavy atom. The number of likely N-dealkylation sites (N-methyl/N-ethyl adjacent to an activating group) is 1. The summed E-state index contributed by atoms with van der Waals surface area (Å²) < 4.78 is 35.3. The van der Waals surface area contributed by atoms with Crippen LogP contribution in [0.3, 0.4) is 0 Å². The number of carbonyl (C=O) groups is 2. The number of aromatic nitrogens is 2. The van der Waals surface area contributed by atoms with Gasteiger partial charge in [0.25, 0.3) is 5.92 Å². The Bertz CT molecular complexity index is 1100. The molecule has 2 aliphatic heterocycles. The van der Waals surface area contributed by atoms with E-state index in [1.807, 2.05) is 7.05 Å². The lowest BCUT2D eigenvalue weighted by atomic mass is 10.00. The van der Waals surface area contributed by atoms with Gasteiger partial charge in [-0.1, -0.05) is 0 Å². The highest BCUT2D eigenvalue weighted by Gasteiger charge is 2.48. The summed E-state index contributed by atoms with van der Waals surface area (Å²) in [6, 6.07) is -0.753. The molecule has 1 aliphatic carbocycles. The van der Waals surface area contributed by atoms with Crippen molar-refractivity contribution >= 4 is 23.9 Å². The standard InChI is InChI=1S/C25H37F2N9O3/c1-34-12-8-17(9-13-34)39-24(38)33-21-7-11-30-22(32-21)36-14-10-25(26,27)19(15-36)35(2)23(37)31-20(29)6-5-18(28)16-3-4-16/h5-7,11,16-17,19H,3-4,8-10,12-15,28-29H2,1-2H3,(H,31,37)(H,30,32,33,38)/b18-5-,20-6+. The van der Waals surface area contributed by atoms with Crippen LogP contribution in [0.4, 0.5) is 30.1 Å². The first-order chi connectivity index (χ1) is 18.5. The highest BCUT2D eigenvalue weighted by Crippen LogP contribution is 2.34. The van der Waals surface area contributed by atoms with Crippen LogP contribution in [0, 0.1) is 5.92 Å². The van der Waals surface area contributed by atoms with Gasteiger partial charge in [0.05, 0.1) is 0 Å². The first-order valence-corrected chi connectivity index (χ1v) is 13.1. The minimum atomic E-state index is -3.15. The van der Waals surface area contributed by atoms with E-state index in [0.29, 0.717) is 11.6 Å². The first-order valence-electron chi connectivity index (χ1n) is 13.1. The number of nitrogens with zero attached hydrogens (tertiary/aromatic N) is 5. The molecule has 0 aromatic carbocycles. The van der Waals surface area contributed by atoms with E-state index in [4.69, 9.17) is 16.2 Å². The maximum atomic E-state index is 14.9. The van der Waals surface area contributed by atoms with E-state index in [-0.39, 0.29) is 36.8 Å². The summed E-state index contributed by atoms with van der Waals surface area (Å²) in [5, 5.41) is 5.02. The van der Waals surface area contributed by atoms with E-state index >= 15 is 0 Å². The molecule has 1 saturated carbocycles. The van der Waals surface area contributed by atoms with Crippen molar-refractivity contribution in [3.8, 4) is 0 Å². The van der Waals surface area contributed by atoms with Crippen molar-refractivity contribution in [2.24, 2.45) is 17.4 Å². The van der Waals surface area contributed by atoms with Crippen molar-refractivity contribution in [2.45, 2.75) is 50.2 Å². The van der Waals surface area contributed by atoms with Crippen molar-refractivity contribution in [1.82, 2.24) is 25.1 Å². The molecule has 12 nitrogen and oxygen atoms in total. The number of nitrogens with two attached hydrogens (primary N) is 2. The second kappa shape index (κ2) is 12.0. The maximum absolute atomic E-state index is 14.9. The lowest BCUT2D eigenvalue weighted by molar-refractivity contribution is -0.0769. The van der Waals surface area contributed by atoms with Gasteiger partial charge in [-0.3, -0.25) is 10.6 Å². The molecule has 214 valence electrons. The summed E-state index contributed by atoms with van der Waals surface area (Å²) in [4.78, 5) is 38.3. The topological polar surface area (TPSA) is 155 Å². The third-order valence-corrected chi connectivity index (χ3v) is 7.23. The summed E-state index contributed by atoms with van der Waals surface area (Å²) in [5.41, 5.74) is 12.4. The van der Waals surface area contributed by atoms with Crippen molar-refractivity contribution < 1.29 is 23.1 Å². The zero-order chi connectivity index (χ0) is 28.2. The van der Waals surface area contributed by atoms with E-state index in [2.05, 4.69) is 25.5 Å². The number of anilines is 2. The average molecular weight is 550 g/mol. The largest absolute Gasteiger partial charge is 0.446 e. The molecule has 3 aliphatic rings. The number of alkyl halides is 2. The Hall–Kier alpha value is -3.68. The van der Waals surface area contributed by atoms with E-state index in [1.54, 1.807) is 11.0 Å². The molecule has 1 aromatic heterocycles. The number of piperidine rings is 2. The molecule has 2 saturated heterocycles. The quantitative estimate of drug-likeness (QED) is 0.374. The van der Waals surface area contributed by atoms with Crippen molar-refractivity contribution in [2.75, 3.05) is 50.5 Å². The molecule has 6 N–H and O–H groups in total. The minimum Gasteiger partial charge on any atom is -0.446 e. The molecule has 0 bridgehead atoms. The first kappa shape index (κ1) is 28.3. The van der Waals surface area contributed by atoms with Crippen LogP contribution in [0.5, 0.6) is 0 Å². The van der Waals surface area contributed by atoms with Gasteiger partial charge in [-0.05, 0) is 56.9 Å². The molecule has 1 unspecified atom stereocenters. The number of allylic oxidation sites excluding steroid dienone is 3. The summed E-state index contributed by atoms with van der Waals surface area (Å²) in [6.07, 6.45) is 6.71. The normalized spacial score (nSPS) is 22.8. The third kappa shape index (κ3) is 7.68. The lowest BCUT2D eigenvalue weighted by Crippen LogP contribution is -2.61. The van der Waals surface area contributed by atoms with Gasteiger partial charge in [0.1, 0.15) is 23.8 Å². The highest BCUT2D eigenvalue weighted by atomic mass is 19.3. The van der Waals surface area contributed by atoms with Gasteiger partial charge >= 0.3 is 12.1 Å². The summed E-state index contributed by atoms with van der Waals surface area (Å²) in [5.74, 6) is -2.47. The summed E-state index contributed by atoms with van der Waals surface area (Å²) in [6.45, 7) is 1.43. The second-order valence-electron chi connectivity index (χ2n) is 10.4. The molecule has 3 heterocycles. The molecule has 1 aromatic rings. The predicted molar refractivity (Wildman–Crippen MR) is 142 cm³/mol. The van der Waals surface area contributed by atoms with Crippen LogP contribution in [-0.2, 0) is 4.74 Å². The molecule has 0 spiro atoms. The SMILES string of the molecule is CN1CCC(OC(=O)Nc2ccnc(N3CCC(F)(F)C(N(C)C(=O)N/C(N)=C/C=C(\N)C4CC4)C3)n2)CC1. The molecule has 3 fully saturated rings. The van der Waals surface area contributed by atoms with E-state index in [0.717, 1.165) is 43.7 Å². The number of amides is 3. The lowest BCUT2D eigenvalue weighted by Gasteiger charge is -2.42. The average Bonchev–Trinajstić information content (AvgIpc) is 3.74. The van der Waals surface area contributed by atoms with Gasteiger partial charge in [0.2, 0.25) is 5.95 Å². The van der Waals surface area contributed by atoms with Gasteiger partial charge < -0.3 is 30.9 Å². The molecule has 3 amide bonds. The molecular weight excluding hydrogens is 512 g/mol. The third-order valence-electron chi connectivity index (χ3n) is 7.23. The molecule has 4 rings (SSSR count). The Morgan fingerprint density at radius 2 is 1.90 bits per heavy atom. The van der Waals surface area contributed by atoms with E-state index in [9.17, 15) is 18.4 Å². The molecular formula is C25H37F2N9O3. The van der Waals surface area contributed by atoms with E-state index < -0.39 is 30.5 Å². The molecule has 0 radical (unpaired) electrons. The number of halogens is 2. The number of hydrogen-bond acceptors (Lipinski definition) is 9. The zero-order valence-corrected chi connectivity index (χ0v) is 22.3. The van der Waals surface area contributed by atoms with Gasteiger partial charge in [-0.25, -0.2) is 23.4 Å². The maximum Gasteiger partial charge on any atom is 0.413 e.